The van der Waals surface area contributed by atoms with Crippen molar-refractivity contribution < 1.29 is 47.5 Å². The predicted octanol–water partition coefficient (Wildman–Crippen LogP) is 13.2. The summed E-state index contributed by atoms with van der Waals surface area (Å²) >= 11 is 0. The zero-order valence-corrected chi connectivity index (χ0v) is 38.9. The summed E-state index contributed by atoms with van der Waals surface area (Å²) in [6.45, 7) is 2.76. The van der Waals surface area contributed by atoms with E-state index in [1.807, 2.05) is 0 Å². The van der Waals surface area contributed by atoms with E-state index in [2.05, 4.69) is 54.8 Å². The monoisotopic (exact) mass is 870 g/mol. The lowest BCUT2D eigenvalue weighted by Gasteiger charge is -2.20. The Balaban J connectivity index is 4.29. The fourth-order valence-electron chi connectivity index (χ4n) is 6.60. The van der Waals surface area contributed by atoms with E-state index < -0.39 is 51.1 Å². The highest BCUT2D eigenvalue weighted by Crippen LogP contribution is 2.43. The molecule has 0 rings (SSSR count). The molecular weight excluding hydrogens is 781 g/mol. The van der Waals surface area contributed by atoms with Crippen LogP contribution in [0.5, 0.6) is 0 Å². The molecule has 0 aromatic carbocycles. The quantitative estimate of drug-likeness (QED) is 0.0230. The number of carboxylic acids is 1. The summed E-state index contributed by atoms with van der Waals surface area (Å²) in [6, 6.07) is -1.53. The molecule has 3 atom stereocenters. The molecule has 60 heavy (non-hydrogen) atoms. The average molecular weight is 870 g/mol. The molecular formula is C48H88NO10P. The van der Waals surface area contributed by atoms with Gasteiger partial charge in [0.1, 0.15) is 12.6 Å². The normalized spacial score (nSPS) is 13.9. The Morgan fingerprint density at radius 3 is 1.35 bits per heavy atom. The lowest BCUT2D eigenvalue weighted by atomic mass is 10.0. The fourth-order valence-corrected chi connectivity index (χ4v) is 7.38. The molecule has 0 spiro atoms. The Hall–Kier alpha value is -2.30. The highest BCUT2D eigenvalue weighted by molar-refractivity contribution is 7.47. The number of unbranched alkanes of at least 4 members (excludes halogenated alkanes) is 25. The Morgan fingerprint density at radius 2 is 0.883 bits per heavy atom. The second-order valence-corrected chi connectivity index (χ2v) is 17.7. The minimum absolute atomic E-state index is 0.156. The van der Waals surface area contributed by atoms with Crippen molar-refractivity contribution in [3.05, 3.63) is 36.5 Å². The van der Waals surface area contributed by atoms with Crippen LogP contribution in [-0.2, 0) is 37.5 Å². The Bertz CT molecular complexity index is 1160. The molecule has 0 saturated heterocycles. The number of carbonyl (C=O) groups is 3. The number of hydrogen-bond donors (Lipinski definition) is 3. The maximum absolute atomic E-state index is 12.7. The van der Waals surface area contributed by atoms with Crippen molar-refractivity contribution >= 4 is 25.7 Å². The summed E-state index contributed by atoms with van der Waals surface area (Å²) in [7, 11) is -4.73. The van der Waals surface area contributed by atoms with E-state index in [0.29, 0.717) is 12.8 Å². The smallest absolute Gasteiger partial charge is 0.472 e. The second kappa shape index (κ2) is 43.4. The van der Waals surface area contributed by atoms with E-state index in [1.54, 1.807) is 0 Å². The van der Waals surface area contributed by atoms with Gasteiger partial charge in [-0.2, -0.15) is 0 Å². The summed E-state index contributed by atoms with van der Waals surface area (Å²) in [5.74, 6) is -2.42. The molecule has 4 N–H and O–H groups in total. The minimum Gasteiger partial charge on any atom is -0.480 e. The predicted molar refractivity (Wildman–Crippen MR) is 245 cm³/mol. The van der Waals surface area contributed by atoms with Crippen LogP contribution in [0.3, 0.4) is 0 Å². The topological polar surface area (TPSA) is 172 Å². The van der Waals surface area contributed by atoms with Gasteiger partial charge in [0, 0.05) is 12.8 Å². The van der Waals surface area contributed by atoms with Gasteiger partial charge in [-0.3, -0.25) is 23.4 Å². The molecule has 0 aliphatic carbocycles. The van der Waals surface area contributed by atoms with Gasteiger partial charge in [0.2, 0.25) is 0 Å². The molecule has 0 heterocycles. The maximum Gasteiger partial charge on any atom is 0.472 e. The maximum atomic E-state index is 12.7. The van der Waals surface area contributed by atoms with E-state index in [0.717, 1.165) is 51.4 Å². The van der Waals surface area contributed by atoms with Crippen LogP contribution in [0.4, 0.5) is 0 Å². The van der Waals surface area contributed by atoms with Crippen LogP contribution >= 0.6 is 7.82 Å². The molecule has 0 fully saturated rings. The highest BCUT2D eigenvalue weighted by Gasteiger charge is 2.28. The Labute approximate surface area is 365 Å². The minimum atomic E-state index is -4.73. The number of rotatable bonds is 45. The van der Waals surface area contributed by atoms with Crippen molar-refractivity contribution in [1.29, 1.82) is 0 Å². The summed E-state index contributed by atoms with van der Waals surface area (Å²) in [5, 5.41) is 8.90. The van der Waals surface area contributed by atoms with Crippen molar-refractivity contribution in [3.63, 3.8) is 0 Å². The Morgan fingerprint density at radius 1 is 0.517 bits per heavy atom. The van der Waals surface area contributed by atoms with Crippen LogP contribution in [0.2, 0.25) is 0 Å². The standard InChI is InChI=1S/C48H88NO10P/c1-3-5-7-9-11-13-15-17-19-20-21-22-23-24-26-28-30-32-34-36-38-40-47(51)59-44(42-57-60(54,55)58-43-45(49)48(52)53)41-56-46(50)39-37-35-33-31-29-27-25-18-16-14-12-10-8-6-4-2/h12,14,18,25,29,31,44-45H,3-11,13,15-17,19-24,26-28,30,32-43,49H2,1-2H3,(H,52,53)(H,54,55)/b14-12-,25-18-,31-29-/t44-,45+/m1/s1. The van der Waals surface area contributed by atoms with Gasteiger partial charge in [0.15, 0.2) is 6.10 Å². The van der Waals surface area contributed by atoms with Crippen molar-refractivity contribution in [2.75, 3.05) is 19.8 Å². The summed E-state index contributed by atoms with van der Waals surface area (Å²) in [6.07, 6.45) is 47.9. The van der Waals surface area contributed by atoms with Crippen LogP contribution in [0.25, 0.3) is 0 Å². The third-order valence-electron chi connectivity index (χ3n) is 10.4. The molecule has 0 bridgehead atoms. The van der Waals surface area contributed by atoms with Crippen LogP contribution in [0.1, 0.15) is 219 Å². The molecule has 0 aromatic rings. The lowest BCUT2D eigenvalue weighted by molar-refractivity contribution is -0.161. The number of esters is 2. The van der Waals surface area contributed by atoms with Crippen molar-refractivity contribution in [1.82, 2.24) is 0 Å². The molecule has 350 valence electrons. The molecule has 12 heteroatoms. The molecule has 0 amide bonds. The van der Waals surface area contributed by atoms with Crippen LogP contribution in [-0.4, -0.2) is 59.9 Å². The number of carbonyl (C=O) groups excluding carboxylic acids is 2. The molecule has 11 nitrogen and oxygen atoms in total. The van der Waals surface area contributed by atoms with Gasteiger partial charge < -0.3 is 25.2 Å². The number of phosphoric acid groups is 1. The van der Waals surface area contributed by atoms with Crippen molar-refractivity contribution in [3.8, 4) is 0 Å². The van der Waals surface area contributed by atoms with Gasteiger partial charge in [-0.25, -0.2) is 4.57 Å². The number of nitrogens with two attached hydrogens (primary N) is 1. The number of allylic oxidation sites excluding steroid dienone is 6. The fraction of sp³-hybridized carbons (Fsp3) is 0.812. The number of hydrogen-bond acceptors (Lipinski definition) is 9. The van der Waals surface area contributed by atoms with Crippen LogP contribution < -0.4 is 5.73 Å². The van der Waals surface area contributed by atoms with E-state index in [9.17, 15) is 23.8 Å². The molecule has 0 radical (unpaired) electrons. The van der Waals surface area contributed by atoms with Crippen molar-refractivity contribution in [2.24, 2.45) is 5.73 Å². The zero-order valence-electron chi connectivity index (χ0n) is 38.1. The largest absolute Gasteiger partial charge is 0.480 e. The van der Waals surface area contributed by atoms with E-state index >= 15 is 0 Å². The highest BCUT2D eigenvalue weighted by atomic mass is 31.2. The number of aliphatic carboxylic acids is 1. The van der Waals surface area contributed by atoms with Crippen LogP contribution in [0, 0.1) is 0 Å². The molecule has 0 aliphatic heterocycles. The van der Waals surface area contributed by atoms with Gasteiger partial charge >= 0.3 is 25.7 Å². The zero-order chi connectivity index (χ0) is 44.2. The van der Waals surface area contributed by atoms with E-state index in [-0.39, 0.29) is 19.4 Å². The second-order valence-electron chi connectivity index (χ2n) is 16.2. The van der Waals surface area contributed by atoms with Gasteiger partial charge in [-0.1, -0.05) is 192 Å². The summed E-state index contributed by atoms with van der Waals surface area (Å²) < 4.78 is 32.7. The van der Waals surface area contributed by atoms with E-state index in [1.165, 1.54) is 128 Å². The first-order valence-electron chi connectivity index (χ1n) is 24.0. The molecule has 1 unspecified atom stereocenters. The number of carboxylic acid groups (broad SMARTS) is 1. The first-order valence-corrected chi connectivity index (χ1v) is 25.5. The molecule has 0 saturated carbocycles. The Kier molecular flexibility index (Phi) is 41.7. The third-order valence-corrected chi connectivity index (χ3v) is 11.3. The SMILES string of the molecule is CCCCC/C=C\C/C=C\C/C=C\CCCCC(=O)OC[C@H](COP(=O)(O)OC[C@H](N)C(=O)O)OC(=O)CCCCCCCCCCCCCCCCCCCCCCC. The van der Waals surface area contributed by atoms with Gasteiger partial charge in [-0.15, -0.1) is 0 Å². The van der Waals surface area contributed by atoms with Gasteiger partial charge in [-0.05, 0) is 51.4 Å². The number of ether oxygens (including phenoxy) is 2. The van der Waals surface area contributed by atoms with Gasteiger partial charge in [0.05, 0.1) is 13.2 Å². The average Bonchev–Trinajstić information content (AvgIpc) is 3.22. The van der Waals surface area contributed by atoms with E-state index in [4.69, 9.17) is 24.8 Å². The van der Waals surface area contributed by atoms with Crippen molar-refractivity contribution in [2.45, 2.75) is 231 Å². The number of phosphoric ester groups is 1. The lowest BCUT2D eigenvalue weighted by Crippen LogP contribution is -2.34. The molecule has 0 aliphatic rings. The molecule has 0 aromatic heterocycles. The summed E-state index contributed by atoms with van der Waals surface area (Å²) in [4.78, 5) is 46.0. The van der Waals surface area contributed by atoms with Gasteiger partial charge in [0.25, 0.3) is 0 Å². The third kappa shape index (κ3) is 42.4. The van der Waals surface area contributed by atoms with Crippen LogP contribution in [0.15, 0.2) is 36.5 Å². The first-order chi connectivity index (χ1) is 29.1. The first kappa shape index (κ1) is 57.7. The summed E-state index contributed by atoms with van der Waals surface area (Å²) in [5.41, 5.74) is 5.34.